The average Bonchev–Trinajstić information content (AvgIpc) is 1.09. The van der Waals surface area contributed by atoms with Crippen molar-refractivity contribution < 1.29 is 67.6 Å². The van der Waals surface area contributed by atoms with Gasteiger partial charge in [-0.05, 0) is 291 Å². The molecule has 6 aliphatic carbocycles. The van der Waals surface area contributed by atoms with Crippen molar-refractivity contribution in [2.24, 2.45) is 34.0 Å². The molecule has 638 valence electrons. The molecule has 13 atom stereocenters. The third kappa shape index (κ3) is 22.4. The number of esters is 2. The van der Waals surface area contributed by atoms with Gasteiger partial charge in [0.2, 0.25) is 0 Å². The van der Waals surface area contributed by atoms with Gasteiger partial charge in [0.25, 0.3) is 0 Å². The fourth-order valence-corrected chi connectivity index (χ4v) is 19.5. The Morgan fingerprint density at radius 1 is 0.415 bits per heavy atom. The van der Waals surface area contributed by atoms with Gasteiger partial charge in [0.15, 0.2) is 0 Å². The lowest BCUT2D eigenvalue weighted by Gasteiger charge is -2.44. The predicted octanol–water partition coefficient (Wildman–Crippen LogP) is 22.4. The van der Waals surface area contributed by atoms with Crippen LogP contribution in [0.3, 0.4) is 0 Å². The number of unbranched alkanes of at least 4 members (excludes halogenated alkanes) is 2. The van der Waals surface area contributed by atoms with E-state index in [2.05, 4.69) is 162 Å². The molecular formula is C104H138O14. The van der Waals surface area contributed by atoms with Crippen LogP contribution in [-0.2, 0) is 63.4 Å². The van der Waals surface area contributed by atoms with Gasteiger partial charge in [0.05, 0.1) is 29.5 Å². The van der Waals surface area contributed by atoms with Crippen molar-refractivity contribution in [3.05, 3.63) is 224 Å². The minimum absolute atomic E-state index is 0.0145. The van der Waals surface area contributed by atoms with Crippen molar-refractivity contribution in [2.75, 3.05) is 52.9 Å². The number of benzene rings is 7. The number of aryl methyl sites for hydroxylation is 3. The molecule has 14 nitrogen and oxygen atoms in total. The summed E-state index contributed by atoms with van der Waals surface area (Å²) in [6.07, 6.45) is 17.2. The van der Waals surface area contributed by atoms with Gasteiger partial charge < -0.3 is 53.2 Å². The number of aliphatic hydroxyl groups excluding tert-OH is 2. The van der Waals surface area contributed by atoms with Crippen LogP contribution in [0, 0.1) is 34.0 Å². The maximum Gasteiger partial charge on any atom is 0.311 e. The molecule has 14 heteroatoms. The van der Waals surface area contributed by atoms with Gasteiger partial charge in [-0.15, -0.1) is 0 Å². The molecule has 2 aliphatic heterocycles. The molecule has 15 rings (SSSR count). The Morgan fingerprint density at radius 2 is 0.703 bits per heavy atom. The number of hydrogen-bond donors (Lipinski definition) is 3. The maximum atomic E-state index is 13.4. The second kappa shape index (κ2) is 39.2. The van der Waals surface area contributed by atoms with E-state index in [1.54, 1.807) is 0 Å². The van der Waals surface area contributed by atoms with E-state index in [0.29, 0.717) is 78.0 Å². The number of carbonyl (C=O) groups is 3. The summed E-state index contributed by atoms with van der Waals surface area (Å²) in [5.41, 5.74) is 15.8. The lowest BCUT2D eigenvalue weighted by Crippen LogP contribution is -2.40. The van der Waals surface area contributed by atoms with Crippen LogP contribution in [0.1, 0.15) is 308 Å². The molecular weight excluding hydrogens is 1470 g/mol. The molecule has 2 saturated heterocycles. The topological polar surface area (TPSA) is 192 Å². The standard InChI is InChI=1S/C59H76O8.C21H24O4.C19H26O2.C5H12/c1-37(2)39-13-23-51-41(29-39)9-11-43-31-58(7,27-25-53(43)51)55(62)66-35-47(60)33-64-49-19-15-45(16-20-49)57(5,6)46-17-21-50(22-18-46)65-34-48(61)36-67-56(63)59(8)28-26-54-44(32-59)12-10-42-30-40(38(3)4)14-24-52(42)54;1-21(2,15-3-7-17(8-4-15)22-11-19-13-24-19)16-5-9-18(10-6-16)23-12-20-14-25-20;1-12(2)13-6-7-16-14(10-13)4-5-15-11-19(3,18(20)21)9-8-17(15)16;1-3-5-4-2/h13-24,29-30,37-38,43-44,47-48,53-54,60-61H,9-12,25-28,31-36H2,1-8H3;3-10,19-20H,11-14H2,1-2H3;6-7,10,12,15,17H,4-5,8-9,11H2,1-3H3,(H,20,21);3-5H2,1-2H3. The Kier molecular flexibility index (Phi) is 29.7. The van der Waals surface area contributed by atoms with Crippen molar-refractivity contribution in [3.8, 4) is 23.0 Å². The summed E-state index contributed by atoms with van der Waals surface area (Å²) in [4.78, 5) is 38.4. The van der Waals surface area contributed by atoms with Crippen LogP contribution in [0.4, 0.5) is 0 Å². The van der Waals surface area contributed by atoms with Crippen LogP contribution in [0.5, 0.6) is 23.0 Å². The quantitative estimate of drug-likeness (QED) is 0.0310. The summed E-state index contributed by atoms with van der Waals surface area (Å²) in [6.45, 7) is 35.4. The van der Waals surface area contributed by atoms with Gasteiger partial charge in [-0.2, -0.15) is 0 Å². The van der Waals surface area contributed by atoms with Crippen LogP contribution in [0.25, 0.3) is 0 Å². The number of fused-ring (bicyclic) bond motifs is 9. The molecule has 2 heterocycles. The van der Waals surface area contributed by atoms with Crippen LogP contribution >= 0.6 is 0 Å². The number of hydrogen-bond acceptors (Lipinski definition) is 13. The van der Waals surface area contributed by atoms with Gasteiger partial charge in [0.1, 0.15) is 87.1 Å². The van der Waals surface area contributed by atoms with Gasteiger partial charge in [-0.1, -0.05) is 205 Å². The van der Waals surface area contributed by atoms with Crippen LogP contribution in [-0.4, -0.2) is 110 Å². The summed E-state index contributed by atoms with van der Waals surface area (Å²) in [5.74, 6) is 6.66. The third-order valence-corrected chi connectivity index (χ3v) is 27.8. The van der Waals surface area contributed by atoms with E-state index in [1.807, 2.05) is 93.6 Å². The second-order valence-corrected chi connectivity index (χ2v) is 38.6. The average molecular weight is 1610 g/mol. The Morgan fingerprint density at radius 3 is 0.975 bits per heavy atom. The zero-order chi connectivity index (χ0) is 84.3. The number of carbonyl (C=O) groups excluding carboxylic acids is 2. The number of rotatable bonds is 28. The molecule has 0 bridgehead atoms. The summed E-state index contributed by atoms with van der Waals surface area (Å²) < 4.78 is 45.1. The molecule has 118 heavy (non-hydrogen) atoms. The van der Waals surface area contributed by atoms with Gasteiger partial charge in [-0.25, -0.2) is 0 Å². The largest absolute Gasteiger partial charge is 0.491 e. The molecule has 7 aromatic rings. The molecule has 0 spiro atoms. The Balaban J connectivity index is 0.000000201. The molecule has 8 aliphatic rings. The van der Waals surface area contributed by atoms with E-state index >= 15 is 0 Å². The summed E-state index contributed by atoms with van der Waals surface area (Å²) >= 11 is 0. The first-order valence-electron chi connectivity index (χ1n) is 44.8. The van der Waals surface area contributed by atoms with Crippen molar-refractivity contribution in [1.29, 1.82) is 0 Å². The molecule has 0 radical (unpaired) electrons. The first-order chi connectivity index (χ1) is 56.3. The van der Waals surface area contributed by atoms with E-state index in [9.17, 15) is 29.7 Å². The smallest absolute Gasteiger partial charge is 0.311 e. The number of epoxide rings is 2. The normalized spacial score (nSPS) is 25.1. The van der Waals surface area contributed by atoms with E-state index in [-0.39, 0.29) is 61.4 Å². The number of carboxylic acids is 1. The summed E-state index contributed by atoms with van der Waals surface area (Å²) in [7, 11) is 0. The van der Waals surface area contributed by atoms with Gasteiger partial charge >= 0.3 is 17.9 Å². The van der Waals surface area contributed by atoms with Gasteiger partial charge in [0, 0.05) is 10.8 Å². The predicted molar refractivity (Wildman–Crippen MR) is 469 cm³/mol. The van der Waals surface area contributed by atoms with Crippen LogP contribution < -0.4 is 18.9 Å². The molecule has 0 amide bonds. The number of aliphatic carboxylic acids is 1. The molecule has 13 unspecified atom stereocenters. The highest BCUT2D eigenvalue weighted by molar-refractivity contribution is 5.77. The first-order valence-corrected chi connectivity index (χ1v) is 44.8. The number of carboxylic acid groups (broad SMARTS) is 1. The summed E-state index contributed by atoms with van der Waals surface area (Å²) in [5, 5.41) is 31.0. The van der Waals surface area contributed by atoms with Crippen molar-refractivity contribution in [1.82, 2.24) is 0 Å². The van der Waals surface area contributed by atoms with Crippen molar-refractivity contribution >= 4 is 17.9 Å². The Hall–Kier alpha value is -8.01. The molecule has 7 aromatic carbocycles. The zero-order valence-corrected chi connectivity index (χ0v) is 73.7. The monoisotopic (exact) mass is 1610 g/mol. The highest BCUT2D eigenvalue weighted by atomic mass is 16.6. The van der Waals surface area contributed by atoms with E-state index in [4.69, 9.17) is 37.9 Å². The van der Waals surface area contributed by atoms with Crippen molar-refractivity contribution in [2.45, 2.75) is 290 Å². The maximum absolute atomic E-state index is 13.4. The Labute approximate surface area is 705 Å². The zero-order valence-electron chi connectivity index (χ0n) is 73.7. The van der Waals surface area contributed by atoms with Crippen molar-refractivity contribution in [3.63, 3.8) is 0 Å². The van der Waals surface area contributed by atoms with E-state index in [1.165, 1.54) is 80.5 Å². The molecule has 3 N–H and O–H groups in total. The highest BCUT2D eigenvalue weighted by Crippen LogP contribution is 2.55. The third-order valence-electron chi connectivity index (χ3n) is 27.8. The Bertz CT molecular complexity index is 4210. The molecule has 3 saturated carbocycles. The lowest BCUT2D eigenvalue weighted by atomic mass is 9.60. The minimum Gasteiger partial charge on any atom is -0.491 e. The van der Waals surface area contributed by atoms with Crippen LogP contribution in [0.15, 0.2) is 152 Å². The number of ether oxygens (including phenoxy) is 8. The minimum atomic E-state index is -0.943. The molecule has 0 aromatic heterocycles. The fourth-order valence-electron chi connectivity index (χ4n) is 19.5. The van der Waals surface area contributed by atoms with Crippen LogP contribution in [0.2, 0.25) is 0 Å². The fraction of sp³-hybridized carbons (Fsp3) is 0.567. The number of aliphatic hydroxyl groups is 2. The van der Waals surface area contributed by atoms with E-state index in [0.717, 1.165) is 132 Å². The first kappa shape index (κ1) is 89.3. The van der Waals surface area contributed by atoms with Gasteiger partial charge in [-0.3, -0.25) is 14.4 Å². The molecule has 5 fully saturated rings. The lowest BCUT2D eigenvalue weighted by molar-refractivity contribution is -0.162. The summed E-state index contributed by atoms with van der Waals surface area (Å²) in [6, 6.07) is 53.4. The second-order valence-electron chi connectivity index (χ2n) is 38.6. The highest BCUT2D eigenvalue weighted by Gasteiger charge is 2.49. The SMILES string of the molecule is CC(C)(c1ccc(OCC2CO2)cc1)c1ccc(OCC2CO2)cc1.CC(C)c1ccc2c(c1)CCC1CC(C)(C(=O)O)CCC21.CC(C)c1ccc2c(c1)CCC1CC(C)(C(=O)OCC(O)COc3ccc(C(C)(C)c4ccc(OCC(O)COC(=O)C5(C)CCC6c7ccc(C(C)C)cc7CCC6C5)cc4)cc3)CCC21.CCCCC. The van der Waals surface area contributed by atoms with E-state index < -0.39 is 34.4 Å².